The van der Waals surface area contributed by atoms with E-state index >= 15 is 0 Å². The van der Waals surface area contributed by atoms with Crippen LogP contribution in [0.5, 0.6) is 17.2 Å². The van der Waals surface area contributed by atoms with E-state index in [4.69, 9.17) is 14.9 Å². The second-order valence-electron chi connectivity index (χ2n) is 11.4. The van der Waals surface area contributed by atoms with Crippen LogP contribution in [0.3, 0.4) is 0 Å². The maximum Gasteiger partial charge on any atom is 0.246 e. The molecule has 3 N–H and O–H groups in total. The van der Waals surface area contributed by atoms with Gasteiger partial charge in [-0.15, -0.1) is 23.7 Å². The van der Waals surface area contributed by atoms with Crippen molar-refractivity contribution < 1.29 is 19.4 Å². The number of phenols is 1. The van der Waals surface area contributed by atoms with Crippen molar-refractivity contribution in [3.8, 4) is 17.2 Å². The van der Waals surface area contributed by atoms with Gasteiger partial charge in [0, 0.05) is 43.6 Å². The summed E-state index contributed by atoms with van der Waals surface area (Å²) < 4.78 is 11.9. The number of nitrogens with one attached hydrogen (secondary N) is 2. The number of benzene rings is 2. The fourth-order valence-electron chi connectivity index (χ4n) is 5.18. The van der Waals surface area contributed by atoms with Crippen molar-refractivity contribution in [2.24, 2.45) is 0 Å². The minimum atomic E-state index is -0.0431. The third kappa shape index (κ3) is 11.3. The molecule has 4 rings (SSSR count). The van der Waals surface area contributed by atoms with Crippen molar-refractivity contribution in [3.05, 3.63) is 70.4 Å². The maximum absolute atomic E-state index is 13.1. The Morgan fingerprint density at radius 2 is 1.52 bits per heavy atom. The Labute approximate surface area is 284 Å². The summed E-state index contributed by atoms with van der Waals surface area (Å²) in [6, 6.07) is 15.5. The standard InChI is InChI=1S/C36H48N4O4S.ClH/c1-3-5-7-9-23-43-31-26-28(27-32(35(31)42)44-24-10-8-6-4-2)13-18-34(41)40-21-19-39(20-22-40)30-16-14-29(15-17-30)38-36(37)33-12-11-25-45-33;/h11-18,25-27,42H,3-10,19-24H2,1-2H3,(H2,37,38);1H/b18-13+;. The number of anilines is 2. The van der Waals surface area contributed by atoms with E-state index in [0.717, 1.165) is 86.3 Å². The lowest BCUT2D eigenvalue weighted by Gasteiger charge is -2.35. The third-order valence-electron chi connectivity index (χ3n) is 7.85. The molecule has 0 radical (unpaired) electrons. The molecule has 0 spiro atoms. The number of hydrogen-bond acceptors (Lipinski definition) is 7. The molecule has 0 bridgehead atoms. The van der Waals surface area contributed by atoms with Crippen LogP contribution >= 0.6 is 23.7 Å². The Morgan fingerprint density at radius 1 is 0.913 bits per heavy atom. The van der Waals surface area contributed by atoms with E-state index in [9.17, 15) is 9.90 Å². The summed E-state index contributed by atoms with van der Waals surface area (Å²) in [6.45, 7) is 8.13. The van der Waals surface area contributed by atoms with Gasteiger partial charge in [0.25, 0.3) is 0 Å². The van der Waals surface area contributed by atoms with E-state index in [1.165, 1.54) is 11.3 Å². The van der Waals surface area contributed by atoms with E-state index in [2.05, 4.69) is 36.2 Å². The topological polar surface area (TPSA) is 98.1 Å². The van der Waals surface area contributed by atoms with Gasteiger partial charge >= 0.3 is 0 Å². The normalized spacial score (nSPS) is 13.0. The minimum Gasteiger partial charge on any atom is -0.502 e. The first-order valence-electron chi connectivity index (χ1n) is 16.3. The molecule has 0 aliphatic carbocycles. The molecule has 8 nitrogen and oxygen atoms in total. The number of amides is 1. The van der Waals surface area contributed by atoms with Crippen molar-refractivity contribution in [1.29, 1.82) is 5.41 Å². The Balaban J connectivity index is 0.00000576. The molecule has 1 aliphatic heterocycles. The highest BCUT2D eigenvalue weighted by Crippen LogP contribution is 2.38. The molecule has 10 heteroatoms. The number of unbranched alkanes of at least 4 members (excludes halogenated alkanes) is 6. The summed E-state index contributed by atoms with van der Waals surface area (Å²) in [4.78, 5) is 18.2. The molecule has 3 aromatic rings. The van der Waals surface area contributed by atoms with Crippen LogP contribution in [-0.2, 0) is 4.79 Å². The zero-order chi connectivity index (χ0) is 31.9. The van der Waals surface area contributed by atoms with Gasteiger partial charge in [0.1, 0.15) is 5.84 Å². The average Bonchev–Trinajstić information content (AvgIpc) is 3.61. The highest BCUT2D eigenvalue weighted by Gasteiger charge is 2.20. The Hall–Kier alpha value is -3.69. The largest absolute Gasteiger partial charge is 0.502 e. The van der Waals surface area contributed by atoms with Gasteiger partial charge in [-0.25, -0.2) is 0 Å². The molecule has 1 amide bonds. The lowest BCUT2D eigenvalue weighted by Crippen LogP contribution is -2.48. The van der Waals surface area contributed by atoms with Crippen molar-refractivity contribution >= 4 is 52.9 Å². The molecule has 2 heterocycles. The zero-order valence-corrected chi connectivity index (χ0v) is 28.8. The number of piperazine rings is 1. The molecule has 1 saturated heterocycles. The number of thiophene rings is 1. The van der Waals surface area contributed by atoms with Crippen LogP contribution in [0.25, 0.3) is 6.08 Å². The number of rotatable bonds is 17. The van der Waals surface area contributed by atoms with Crippen molar-refractivity contribution in [2.75, 3.05) is 49.6 Å². The van der Waals surface area contributed by atoms with E-state index in [1.54, 1.807) is 24.3 Å². The summed E-state index contributed by atoms with van der Waals surface area (Å²) in [5.74, 6) is 1.15. The van der Waals surface area contributed by atoms with Gasteiger partial charge in [-0.3, -0.25) is 10.2 Å². The van der Waals surface area contributed by atoms with Crippen LogP contribution in [0.2, 0.25) is 0 Å². The quantitative estimate of drug-likeness (QED) is 0.0577. The van der Waals surface area contributed by atoms with E-state index < -0.39 is 0 Å². The lowest BCUT2D eigenvalue weighted by atomic mass is 10.1. The predicted molar refractivity (Wildman–Crippen MR) is 194 cm³/mol. The number of halogens is 1. The van der Waals surface area contributed by atoms with Gasteiger partial charge < -0.3 is 29.7 Å². The van der Waals surface area contributed by atoms with Gasteiger partial charge in [0.2, 0.25) is 11.7 Å². The zero-order valence-electron chi connectivity index (χ0n) is 27.1. The molecule has 1 aromatic heterocycles. The molecule has 0 atom stereocenters. The monoisotopic (exact) mass is 668 g/mol. The summed E-state index contributed by atoms with van der Waals surface area (Å²) >= 11 is 1.54. The summed E-state index contributed by atoms with van der Waals surface area (Å²) in [7, 11) is 0. The number of hydrogen-bond donors (Lipinski definition) is 3. The molecule has 250 valence electrons. The fraction of sp³-hybridized carbons (Fsp3) is 0.444. The number of ether oxygens (including phenoxy) is 2. The van der Waals surface area contributed by atoms with E-state index in [0.29, 0.717) is 43.6 Å². The van der Waals surface area contributed by atoms with Crippen LogP contribution in [0.4, 0.5) is 11.4 Å². The van der Waals surface area contributed by atoms with E-state index in [-0.39, 0.29) is 24.1 Å². The van der Waals surface area contributed by atoms with Gasteiger partial charge in [0.05, 0.1) is 18.1 Å². The summed E-state index contributed by atoms with van der Waals surface area (Å²) in [6.07, 6.45) is 12.0. The molecular weight excluding hydrogens is 620 g/mol. The average molecular weight is 669 g/mol. The molecule has 2 aromatic carbocycles. The van der Waals surface area contributed by atoms with Crippen molar-refractivity contribution in [2.45, 2.75) is 65.2 Å². The first kappa shape index (κ1) is 36.8. The summed E-state index contributed by atoms with van der Waals surface area (Å²) in [5, 5.41) is 24.2. The first-order chi connectivity index (χ1) is 22.0. The number of amidine groups is 1. The third-order valence-corrected chi connectivity index (χ3v) is 8.74. The molecular formula is C36H49ClN4O4S. The second-order valence-corrected chi connectivity index (χ2v) is 12.3. The molecule has 1 aliphatic rings. The Bertz CT molecular complexity index is 1340. The van der Waals surface area contributed by atoms with E-state index in [1.807, 2.05) is 34.5 Å². The van der Waals surface area contributed by atoms with Gasteiger partial charge in [-0.2, -0.15) is 0 Å². The highest BCUT2D eigenvalue weighted by atomic mass is 35.5. The first-order valence-corrected chi connectivity index (χ1v) is 17.2. The van der Waals surface area contributed by atoms with Crippen LogP contribution in [0.1, 0.15) is 75.7 Å². The highest BCUT2D eigenvalue weighted by molar-refractivity contribution is 7.12. The van der Waals surface area contributed by atoms with Crippen LogP contribution in [0.15, 0.2) is 60.0 Å². The Kier molecular flexibility index (Phi) is 15.8. The SMILES string of the molecule is CCCCCCOc1cc(/C=C/C(=O)N2CCN(c3ccc(NC(=N)c4cccs4)cc3)CC2)cc(OCCCCCC)c1O.Cl. The van der Waals surface area contributed by atoms with Crippen molar-refractivity contribution in [3.63, 3.8) is 0 Å². The number of carbonyl (C=O) groups excluding carboxylic acids is 1. The number of carbonyl (C=O) groups is 1. The smallest absolute Gasteiger partial charge is 0.246 e. The van der Waals surface area contributed by atoms with Crippen LogP contribution in [-0.4, -0.2) is 61.1 Å². The maximum atomic E-state index is 13.1. The van der Waals surface area contributed by atoms with Gasteiger partial charge in [-0.05, 0) is 72.3 Å². The molecule has 46 heavy (non-hydrogen) atoms. The van der Waals surface area contributed by atoms with Gasteiger partial charge in [-0.1, -0.05) is 58.4 Å². The minimum absolute atomic E-state index is 0. The Morgan fingerprint density at radius 3 is 2.07 bits per heavy atom. The fourth-order valence-corrected chi connectivity index (χ4v) is 5.81. The number of nitrogens with zero attached hydrogens (tertiary/aromatic N) is 2. The summed E-state index contributed by atoms with van der Waals surface area (Å²) in [5.41, 5.74) is 2.73. The van der Waals surface area contributed by atoms with Gasteiger partial charge in [0.15, 0.2) is 11.5 Å². The molecule has 0 unspecified atom stereocenters. The van der Waals surface area contributed by atoms with Crippen LogP contribution < -0.4 is 19.7 Å². The lowest BCUT2D eigenvalue weighted by molar-refractivity contribution is -0.126. The van der Waals surface area contributed by atoms with Crippen molar-refractivity contribution in [1.82, 2.24) is 4.90 Å². The second kappa shape index (κ2) is 19.7. The number of phenolic OH excluding ortho intramolecular Hbond substituents is 1. The van der Waals surface area contributed by atoms with Crippen LogP contribution in [0, 0.1) is 5.41 Å². The molecule has 1 fully saturated rings. The molecule has 0 saturated carbocycles. The number of aromatic hydroxyl groups is 1. The predicted octanol–water partition coefficient (Wildman–Crippen LogP) is 8.59.